The van der Waals surface area contributed by atoms with Gasteiger partial charge in [-0.3, -0.25) is 0 Å². The second kappa shape index (κ2) is 6.09. The molecule has 0 aliphatic heterocycles. The zero-order valence-corrected chi connectivity index (χ0v) is 12.6. The molecule has 1 N–H and O–H groups in total. The Hall–Kier alpha value is -0.820. The van der Waals surface area contributed by atoms with E-state index in [1.165, 1.54) is 24.8 Å². The quantitative estimate of drug-likeness (QED) is 0.851. The van der Waals surface area contributed by atoms with Gasteiger partial charge < -0.3 is 5.11 Å². The van der Waals surface area contributed by atoms with Crippen molar-refractivity contribution in [3.05, 3.63) is 35.9 Å². The predicted octanol–water partition coefficient (Wildman–Crippen LogP) is 4.44. The number of benzene rings is 1. The summed E-state index contributed by atoms with van der Waals surface area (Å²) in [6.45, 7) is 7.10. The molecule has 0 bridgehead atoms. The summed E-state index contributed by atoms with van der Waals surface area (Å²) in [5, 5.41) is 9.70. The van der Waals surface area contributed by atoms with Gasteiger partial charge in [-0.05, 0) is 54.9 Å². The van der Waals surface area contributed by atoms with E-state index in [0.29, 0.717) is 11.3 Å². The maximum atomic E-state index is 9.70. The first-order chi connectivity index (χ1) is 8.97. The van der Waals surface area contributed by atoms with Gasteiger partial charge >= 0.3 is 0 Å². The molecule has 0 aromatic heterocycles. The average Bonchev–Trinajstić information content (AvgIpc) is 2.37. The largest absolute Gasteiger partial charge is 0.393 e. The predicted molar refractivity (Wildman–Crippen MR) is 81.1 cm³/mol. The second-order valence-corrected chi connectivity index (χ2v) is 7.23. The van der Waals surface area contributed by atoms with Crippen molar-refractivity contribution in [2.45, 2.75) is 59.0 Å². The van der Waals surface area contributed by atoms with E-state index in [-0.39, 0.29) is 6.10 Å². The Morgan fingerprint density at radius 2 is 1.63 bits per heavy atom. The number of hydrogen-bond donors (Lipinski definition) is 1. The molecule has 1 atom stereocenters. The molecule has 0 heterocycles. The van der Waals surface area contributed by atoms with E-state index < -0.39 is 0 Å². The summed E-state index contributed by atoms with van der Waals surface area (Å²) in [6, 6.07) is 10.9. The van der Waals surface area contributed by atoms with Crippen molar-refractivity contribution < 1.29 is 5.11 Å². The third-order valence-corrected chi connectivity index (χ3v) is 4.72. The Labute approximate surface area is 118 Å². The van der Waals surface area contributed by atoms with Crippen LogP contribution >= 0.6 is 0 Å². The summed E-state index contributed by atoms with van der Waals surface area (Å²) in [6.07, 6.45) is 5.49. The third kappa shape index (κ3) is 4.07. The minimum atomic E-state index is -0.0476. The Morgan fingerprint density at radius 1 is 1.05 bits per heavy atom. The minimum Gasteiger partial charge on any atom is -0.393 e. The van der Waals surface area contributed by atoms with Gasteiger partial charge in [0.15, 0.2) is 0 Å². The van der Waals surface area contributed by atoms with Crippen molar-refractivity contribution in [3.8, 4) is 0 Å². The van der Waals surface area contributed by atoms with Crippen molar-refractivity contribution in [2.24, 2.45) is 17.3 Å². The SMILES string of the molecule is CC(C)(C)C(Cc1ccccc1)C1CCC(O)CC1. The molecule has 19 heavy (non-hydrogen) atoms. The molecule has 1 aromatic carbocycles. The minimum absolute atomic E-state index is 0.0476. The standard InChI is InChI=1S/C18H28O/c1-18(2,3)17(13-14-7-5-4-6-8-14)15-9-11-16(19)12-10-15/h4-8,15-17,19H,9-13H2,1-3H3. The number of aliphatic hydroxyl groups excluding tert-OH is 1. The van der Waals surface area contributed by atoms with Crippen LogP contribution < -0.4 is 0 Å². The topological polar surface area (TPSA) is 20.2 Å². The summed E-state index contributed by atoms with van der Waals surface area (Å²) in [5.41, 5.74) is 1.79. The lowest BCUT2D eigenvalue weighted by atomic mass is 9.66. The van der Waals surface area contributed by atoms with Crippen LogP contribution in [-0.4, -0.2) is 11.2 Å². The van der Waals surface area contributed by atoms with E-state index in [1.54, 1.807) is 0 Å². The Balaban J connectivity index is 2.08. The Morgan fingerprint density at radius 3 is 2.16 bits per heavy atom. The first-order valence-electron chi connectivity index (χ1n) is 7.69. The van der Waals surface area contributed by atoms with Crippen molar-refractivity contribution >= 4 is 0 Å². The number of aliphatic hydroxyl groups is 1. The molecular weight excluding hydrogens is 232 g/mol. The van der Waals surface area contributed by atoms with Crippen molar-refractivity contribution in [1.82, 2.24) is 0 Å². The van der Waals surface area contributed by atoms with Gasteiger partial charge in [0.25, 0.3) is 0 Å². The van der Waals surface area contributed by atoms with E-state index in [9.17, 15) is 5.11 Å². The van der Waals surface area contributed by atoms with Gasteiger partial charge in [-0.2, -0.15) is 0 Å². The van der Waals surface area contributed by atoms with Gasteiger partial charge in [0.2, 0.25) is 0 Å². The van der Waals surface area contributed by atoms with Crippen LogP contribution in [0.4, 0.5) is 0 Å². The van der Waals surface area contributed by atoms with Crippen molar-refractivity contribution in [1.29, 1.82) is 0 Å². The molecule has 1 unspecified atom stereocenters. The van der Waals surface area contributed by atoms with Gasteiger partial charge in [0.1, 0.15) is 0 Å². The van der Waals surface area contributed by atoms with Crippen molar-refractivity contribution in [2.75, 3.05) is 0 Å². The maximum Gasteiger partial charge on any atom is 0.0540 e. The van der Waals surface area contributed by atoms with Crippen LogP contribution in [0.5, 0.6) is 0 Å². The fourth-order valence-corrected chi connectivity index (χ4v) is 3.55. The molecule has 1 saturated carbocycles. The molecule has 0 radical (unpaired) electrons. The number of hydrogen-bond acceptors (Lipinski definition) is 1. The van der Waals surface area contributed by atoms with Crippen LogP contribution in [-0.2, 0) is 6.42 Å². The molecule has 1 aliphatic rings. The average molecular weight is 260 g/mol. The van der Waals surface area contributed by atoms with E-state index in [2.05, 4.69) is 51.1 Å². The second-order valence-electron chi connectivity index (χ2n) is 7.23. The highest BCUT2D eigenvalue weighted by Gasteiger charge is 2.34. The molecule has 0 amide bonds. The van der Waals surface area contributed by atoms with Crippen LogP contribution in [0.1, 0.15) is 52.0 Å². The van der Waals surface area contributed by atoms with Gasteiger partial charge in [-0.15, -0.1) is 0 Å². The van der Waals surface area contributed by atoms with Gasteiger partial charge in [0, 0.05) is 0 Å². The smallest absolute Gasteiger partial charge is 0.0540 e. The van der Waals surface area contributed by atoms with Gasteiger partial charge in [-0.25, -0.2) is 0 Å². The summed E-state index contributed by atoms with van der Waals surface area (Å²) in [7, 11) is 0. The summed E-state index contributed by atoms with van der Waals surface area (Å²) < 4.78 is 0. The maximum absolute atomic E-state index is 9.70. The lowest BCUT2D eigenvalue weighted by molar-refractivity contribution is 0.0591. The van der Waals surface area contributed by atoms with Gasteiger partial charge in [-0.1, -0.05) is 51.1 Å². The van der Waals surface area contributed by atoms with Gasteiger partial charge in [0.05, 0.1) is 6.10 Å². The Kier molecular flexibility index (Phi) is 4.67. The molecule has 1 aromatic rings. The van der Waals surface area contributed by atoms with E-state index >= 15 is 0 Å². The highest BCUT2D eigenvalue weighted by atomic mass is 16.3. The molecule has 2 rings (SSSR count). The molecule has 1 aliphatic carbocycles. The summed E-state index contributed by atoms with van der Waals surface area (Å²) >= 11 is 0. The fourth-order valence-electron chi connectivity index (χ4n) is 3.55. The van der Waals surface area contributed by atoms with Crippen LogP contribution in [0.15, 0.2) is 30.3 Å². The molecule has 0 saturated heterocycles. The molecular formula is C18H28O. The summed E-state index contributed by atoms with van der Waals surface area (Å²) in [4.78, 5) is 0. The zero-order valence-electron chi connectivity index (χ0n) is 12.6. The van der Waals surface area contributed by atoms with Crippen LogP contribution in [0, 0.1) is 17.3 Å². The fraction of sp³-hybridized carbons (Fsp3) is 0.667. The highest BCUT2D eigenvalue weighted by molar-refractivity contribution is 5.16. The van der Waals surface area contributed by atoms with E-state index in [0.717, 1.165) is 18.8 Å². The molecule has 0 spiro atoms. The monoisotopic (exact) mass is 260 g/mol. The lowest BCUT2D eigenvalue weighted by Gasteiger charge is -2.40. The first kappa shape index (κ1) is 14.6. The zero-order chi connectivity index (χ0) is 13.9. The van der Waals surface area contributed by atoms with E-state index in [1.807, 2.05) is 0 Å². The normalized spacial score (nSPS) is 26.1. The first-order valence-corrected chi connectivity index (χ1v) is 7.69. The third-order valence-electron chi connectivity index (χ3n) is 4.72. The molecule has 106 valence electrons. The number of rotatable bonds is 3. The van der Waals surface area contributed by atoms with Crippen LogP contribution in [0.3, 0.4) is 0 Å². The molecule has 1 nitrogen and oxygen atoms in total. The van der Waals surface area contributed by atoms with Crippen LogP contribution in [0.25, 0.3) is 0 Å². The summed E-state index contributed by atoms with van der Waals surface area (Å²) in [5.74, 6) is 1.48. The lowest BCUT2D eigenvalue weighted by Crippen LogP contribution is -2.33. The highest BCUT2D eigenvalue weighted by Crippen LogP contribution is 2.41. The van der Waals surface area contributed by atoms with E-state index in [4.69, 9.17) is 0 Å². The van der Waals surface area contributed by atoms with Crippen LogP contribution in [0.2, 0.25) is 0 Å². The van der Waals surface area contributed by atoms with Crippen molar-refractivity contribution in [3.63, 3.8) is 0 Å². The molecule has 1 fully saturated rings. The Bertz CT molecular complexity index is 368. The molecule has 1 heteroatoms.